The molecular formula is C25H26FN3O5S. The number of methoxy groups -OCH3 is 1. The summed E-state index contributed by atoms with van der Waals surface area (Å²) in [4.78, 5) is 25.3. The lowest BCUT2D eigenvalue weighted by molar-refractivity contribution is -0.114. The van der Waals surface area contributed by atoms with E-state index in [9.17, 15) is 22.4 Å². The zero-order valence-corrected chi connectivity index (χ0v) is 20.1. The molecule has 35 heavy (non-hydrogen) atoms. The summed E-state index contributed by atoms with van der Waals surface area (Å²) >= 11 is 0. The van der Waals surface area contributed by atoms with E-state index in [0.717, 1.165) is 35.0 Å². The fourth-order valence-corrected chi connectivity index (χ4v) is 4.66. The van der Waals surface area contributed by atoms with E-state index in [-0.39, 0.29) is 27.7 Å². The summed E-state index contributed by atoms with van der Waals surface area (Å²) in [7, 11) is -2.75. The Labute approximate surface area is 203 Å². The average Bonchev–Trinajstić information content (AvgIpc) is 2.86. The van der Waals surface area contributed by atoms with Crippen molar-refractivity contribution in [3.05, 3.63) is 84.2 Å². The molecule has 2 N–H and O–H groups in total. The number of para-hydroxylation sites is 1. The number of rotatable bonds is 10. The highest BCUT2D eigenvalue weighted by Crippen LogP contribution is 2.26. The predicted octanol–water partition coefficient (Wildman–Crippen LogP) is 3.81. The molecule has 0 fully saturated rings. The van der Waals surface area contributed by atoms with Crippen LogP contribution in [0.4, 0.5) is 15.8 Å². The smallest absolute Gasteiger partial charge is 0.264 e. The third kappa shape index (κ3) is 6.36. The van der Waals surface area contributed by atoms with Gasteiger partial charge in [0.1, 0.15) is 18.1 Å². The van der Waals surface area contributed by atoms with Crippen molar-refractivity contribution < 1.29 is 27.1 Å². The van der Waals surface area contributed by atoms with Crippen LogP contribution in [0.5, 0.6) is 5.75 Å². The number of halogens is 1. The minimum atomic E-state index is -4.23. The van der Waals surface area contributed by atoms with Crippen LogP contribution in [0, 0.1) is 5.82 Å². The normalized spacial score (nSPS) is 10.9. The zero-order valence-electron chi connectivity index (χ0n) is 19.3. The highest BCUT2D eigenvalue weighted by molar-refractivity contribution is 7.92. The van der Waals surface area contributed by atoms with Gasteiger partial charge in [0.25, 0.3) is 15.9 Å². The maximum absolute atomic E-state index is 13.4. The van der Waals surface area contributed by atoms with Crippen LogP contribution in [0.15, 0.2) is 77.7 Å². The van der Waals surface area contributed by atoms with Gasteiger partial charge in [-0.2, -0.15) is 0 Å². The lowest BCUT2D eigenvalue weighted by Crippen LogP contribution is -2.38. The highest BCUT2D eigenvalue weighted by Gasteiger charge is 2.28. The van der Waals surface area contributed by atoms with E-state index in [1.807, 2.05) is 6.92 Å². The summed E-state index contributed by atoms with van der Waals surface area (Å²) in [6.45, 7) is 1.81. The molecule has 0 radical (unpaired) electrons. The number of anilines is 2. The third-order valence-corrected chi connectivity index (χ3v) is 6.82. The van der Waals surface area contributed by atoms with Crippen LogP contribution in [0.3, 0.4) is 0 Å². The molecule has 0 aliphatic carbocycles. The van der Waals surface area contributed by atoms with Crippen molar-refractivity contribution in [3.63, 3.8) is 0 Å². The molecule has 0 atom stereocenters. The van der Waals surface area contributed by atoms with Gasteiger partial charge in [0, 0.05) is 6.54 Å². The number of sulfonamides is 1. The van der Waals surface area contributed by atoms with Gasteiger partial charge in [0.2, 0.25) is 5.91 Å². The van der Waals surface area contributed by atoms with E-state index >= 15 is 0 Å². The second-order valence-corrected chi connectivity index (χ2v) is 9.38. The summed E-state index contributed by atoms with van der Waals surface area (Å²) in [6, 6.07) is 16.9. The van der Waals surface area contributed by atoms with Gasteiger partial charge in [0.15, 0.2) is 0 Å². The summed E-state index contributed by atoms with van der Waals surface area (Å²) in [5.41, 5.74) is 0.714. The highest BCUT2D eigenvalue weighted by atomic mass is 32.2. The first-order valence-electron chi connectivity index (χ1n) is 10.9. The van der Waals surface area contributed by atoms with Gasteiger partial charge >= 0.3 is 0 Å². The van der Waals surface area contributed by atoms with Crippen molar-refractivity contribution in [2.45, 2.75) is 18.2 Å². The standard InChI is InChI=1S/C25H26FN3O5S/c1-3-16-27-25(31)22-6-4-5-7-23(22)28-24(30)17-29(19-10-12-20(34-2)13-11-19)35(32,33)21-14-8-18(26)9-15-21/h4-15H,3,16-17H2,1-2H3,(H,27,31)(H,28,30). The first kappa shape index (κ1) is 25.7. The molecule has 0 saturated carbocycles. The first-order valence-corrected chi connectivity index (χ1v) is 12.3. The summed E-state index contributed by atoms with van der Waals surface area (Å²) < 4.78 is 46.3. The number of nitrogens with one attached hydrogen (secondary N) is 2. The molecule has 0 spiro atoms. The zero-order chi connectivity index (χ0) is 25.4. The quantitative estimate of drug-likeness (QED) is 0.442. The molecule has 2 amide bonds. The van der Waals surface area contributed by atoms with E-state index in [1.165, 1.54) is 19.2 Å². The van der Waals surface area contributed by atoms with Gasteiger partial charge in [-0.1, -0.05) is 19.1 Å². The molecule has 8 nitrogen and oxygen atoms in total. The van der Waals surface area contributed by atoms with Crippen LogP contribution in [0.25, 0.3) is 0 Å². The van der Waals surface area contributed by atoms with Gasteiger partial charge < -0.3 is 15.4 Å². The predicted molar refractivity (Wildman–Crippen MR) is 132 cm³/mol. The lowest BCUT2D eigenvalue weighted by atomic mass is 10.1. The number of carbonyl (C=O) groups is 2. The van der Waals surface area contributed by atoms with Gasteiger partial charge in [-0.15, -0.1) is 0 Å². The van der Waals surface area contributed by atoms with Crippen LogP contribution in [0.1, 0.15) is 23.7 Å². The molecule has 0 saturated heterocycles. The molecule has 3 rings (SSSR count). The molecule has 0 aromatic heterocycles. The number of hydrogen-bond donors (Lipinski definition) is 2. The monoisotopic (exact) mass is 499 g/mol. The average molecular weight is 500 g/mol. The summed E-state index contributed by atoms with van der Waals surface area (Å²) in [6.07, 6.45) is 0.748. The minimum Gasteiger partial charge on any atom is -0.497 e. The summed E-state index contributed by atoms with van der Waals surface area (Å²) in [5, 5.41) is 5.38. The molecule has 0 unspecified atom stereocenters. The Morgan fingerprint density at radius 3 is 2.26 bits per heavy atom. The van der Waals surface area contributed by atoms with E-state index in [4.69, 9.17) is 4.74 Å². The first-order chi connectivity index (χ1) is 16.8. The van der Waals surface area contributed by atoms with Gasteiger partial charge in [-0.25, -0.2) is 12.8 Å². The Morgan fingerprint density at radius 1 is 0.971 bits per heavy atom. The lowest BCUT2D eigenvalue weighted by Gasteiger charge is -2.24. The minimum absolute atomic E-state index is 0.179. The van der Waals surface area contributed by atoms with E-state index < -0.39 is 28.3 Å². The number of ether oxygens (including phenoxy) is 1. The molecule has 0 aliphatic rings. The van der Waals surface area contributed by atoms with Crippen molar-refractivity contribution in [1.82, 2.24) is 5.32 Å². The SMILES string of the molecule is CCCNC(=O)c1ccccc1NC(=O)CN(c1ccc(OC)cc1)S(=O)(=O)c1ccc(F)cc1. The van der Waals surface area contributed by atoms with Crippen molar-refractivity contribution in [2.75, 3.05) is 29.8 Å². The third-order valence-electron chi connectivity index (χ3n) is 5.03. The summed E-state index contributed by atoms with van der Waals surface area (Å²) in [5.74, 6) is -1.10. The topological polar surface area (TPSA) is 105 Å². The van der Waals surface area contributed by atoms with Crippen LogP contribution < -0.4 is 19.7 Å². The molecule has 0 aliphatic heterocycles. The maximum Gasteiger partial charge on any atom is 0.264 e. The second-order valence-electron chi connectivity index (χ2n) is 7.51. The molecule has 3 aromatic rings. The fraction of sp³-hybridized carbons (Fsp3) is 0.200. The van der Waals surface area contributed by atoms with Crippen molar-refractivity contribution in [2.24, 2.45) is 0 Å². The molecule has 0 bridgehead atoms. The van der Waals surface area contributed by atoms with Crippen molar-refractivity contribution in [1.29, 1.82) is 0 Å². The molecule has 0 heterocycles. The van der Waals surface area contributed by atoms with E-state index in [1.54, 1.807) is 36.4 Å². The molecule has 10 heteroatoms. The Morgan fingerprint density at radius 2 is 1.63 bits per heavy atom. The van der Waals surface area contributed by atoms with Crippen LogP contribution in [-0.4, -0.2) is 40.4 Å². The van der Waals surface area contributed by atoms with E-state index in [2.05, 4.69) is 10.6 Å². The Kier molecular flexibility index (Phi) is 8.43. The molecule has 3 aromatic carbocycles. The fourth-order valence-electron chi connectivity index (χ4n) is 3.24. The number of nitrogens with zero attached hydrogens (tertiary/aromatic N) is 1. The Bertz CT molecular complexity index is 1280. The maximum atomic E-state index is 13.4. The van der Waals surface area contributed by atoms with E-state index in [0.29, 0.717) is 12.3 Å². The Balaban J connectivity index is 1.92. The number of amides is 2. The van der Waals surface area contributed by atoms with Crippen LogP contribution in [0.2, 0.25) is 0 Å². The Hall–Kier alpha value is -3.92. The van der Waals surface area contributed by atoms with Crippen LogP contribution in [-0.2, 0) is 14.8 Å². The van der Waals surface area contributed by atoms with Crippen molar-refractivity contribution >= 4 is 33.2 Å². The molecule has 184 valence electrons. The van der Waals surface area contributed by atoms with Gasteiger partial charge in [0.05, 0.1) is 28.9 Å². The van der Waals surface area contributed by atoms with Gasteiger partial charge in [-0.05, 0) is 67.1 Å². The van der Waals surface area contributed by atoms with Crippen LogP contribution >= 0.6 is 0 Å². The largest absolute Gasteiger partial charge is 0.497 e. The number of hydrogen-bond acceptors (Lipinski definition) is 5. The number of carbonyl (C=O) groups excluding carboxylic acids is 2. The van der Waals surface area contributed by atoms with Gasteiger partial charge in [-0.3, -0.25) is 13.9 Å². The van der Waals surface area contributed by atoms with Crippen molar-refractivity contribution in [3.8, 4) is 5.75 Å². The number of benzene rings is 3. The molecular weight excluding hydrogens is 473 g/mol. The second kappa shape index (κ2) is 11.5.